The Morgan fingerprint density at radius 3 is 2.57 bits per heavy atom. The molecule has 28 heavy (non-hydrogen) atoms. The number of Topliss-reactive ketones (excluding diaryl/α,β-unsaturated/α-hetero) is 1. The average molecular weight is 422 g/mol. The molecule has 1 atom stereocenters. The van der Waals surface area contributed by atoms with Gasteiger partial charge in [-0.1, -0.05) is 35.3 Å². The molecule has 144 valence electrons. The molecule has 7 heteroatoms. The fourth-order valence-corrected chi connectivity index (χ4v) is 4.43. The molecule has 1 amide bonds. The van der Waals surface area contributed by atoms with Crippen LogP contribution in [0.5, 0.6) is 0 Å². The third-order valence-corrected chi connectivity index (χ3v) is 6.02. The van der Waals surface area contributed by atoms with E-state index in [1.807, 2.05) is 0 Å². The minimum Gasteiger partial charge on any atom is -0.294 e. The van der Waals surface area contributed by atoms with E-state index in [-0.39, 0.29) is 23.8 Å². The van der Waals surface area contributed by atoms with Crippen LogP contribution in [0.3, 0.4) is 0 Å². The molecule has 1 aliphatic carbocycles. The summed E-state index contributed by atoms with van der Waals surface area (Å²) in [6, 6.07) is 8.14. The maximum Gasteiger partial charge on any atom is 0.232 e. The van der Waals surface area contributed by atoms with E-state index in [1.54, 1.807) is 18.2 Å². The van der Waals surface area contributed by atoms with Crippen molar-refractivity contribution >= 4 is 40.6 Å². The van der Waals surface area contributed by atoms with Crippen molar-refractivity contribution in [3.63, 3.8) is 0 Å². The Labute approximate surface area is 170 Å². The van der Waals surface area contributed by atoms with E-state index in [0.29, 0.717) is 46.1 Å². The summed E-state index contributed by atoms with van der Waals surface area (Å²) in [6.07, 6.45) is 1.29. The van der Waals surface area contributed by atoms with E-state index < -0.39 is 17.6 Å². The smallest absolute Gasteiger partial charge is 0.232 e. The largest absolute Gasteiger partial charge is 0.294 e. The number of ketones is 1. The lowest BCUT2D eigenvalue weighted by Gasteiger charge is -2.38. The number of nitrogens with zero attached hydrogens (tertiary/aromatic N) is 1. The number of allylic oxidation sites excluding steroid dienone is 2. The molecule has 4 rings (SSSR count). The van der Waals surface area contributed by atoms with Crippen LogP contribution in [-0.2, 0) is 9.59 Å². The van der Waals surface area contributed by atoms with Crippen LogP contribution in [0.4, 0.5) is 14.5 Å². The van der Waals surface area contributed by atoms with Gasteiger partial charge in [0.1, 0.15) is 11.6 Å². The van der Waals surface area contributed by atoms with Crippen molar-refractivity contribution < 1.29 is 18.4 Å². The molecule has 0 radical (unpaired) electrons. The molecule has 0 fully saturated rings. The van der Waals surface area contributed by atoms with Gasteiger partial charge in [0.25, 0.3) is 0 Å². The molecule has 2 aliphatic rings. The van der Waals surface area contributed by atoms with E-state index in [4.69, 9.17) is 23.2 Å². The fraction of sp³-hybridized carbons (Fsp3) is 0.238. The van der Waals surface area contributed by atoms with Crippen molar-refractivity contribution in [1.82, 2.24) is 0 Å². The second-order valence-electron chi connectivity index (χ2n) is 6.86. The van der Waals surface area contributed by atoms with Gasteiger partial charge < -0.3 is 0 Å². The van der Waals surface area contributed by atoms with Gasteiger partial charge in [0.15, 0.2) is 5.78 Å². The van der Waals surface area contributed by atoms with E-state index in [9.17, 15) is 18.4 Å². The molecule has 0 aromatic heterocycles. The maximum absolute atomic E-state index is 14.4. The van der Waals surface area contributed by atoms with Crippen LogP contribution in [0, 0.1) is 11.6 Å². The summed E-state index contributed by atoms with van der Waals surface area (Å²) in [5.74, 6) is -2.59. The second-order valence-corrected chi connectivity index (χ2v) is 7.65. The zero-order valence-corrected chi connectivity index (χ0v) is 16.2. The van der Waals surface area contributed by atoms with Crippen molar-refractivity contribution in [2.75, 3.05) is 4.90 Å². The zero-order chi connectivity index (χ0) is 20.0. The number of halogens is 4. The molecule has 1 heterocycles. The number of hydrogen-bond donors (Lipinski definition) is 0. The number of carbonyl (C=O) groups is 2. The summed E-state index contributed by atoms with van der Waals surface area (Å²) < 4.78 is 27.8. The number of hydrogen-bond acceptors (Lipinski definition) is 2. The van der Waals surface area contributed by atoms with Crippen LogP contribution in [0.25, 0.3) is 0 Å². The molecule has 0 saturated heterocycles. The first-order valence-corrected chi connectivity index (χ1v) is 9.62. The molecule has 0 bridgehead atoms. The van der Waals surface area contributed by atoms with Gasteiger partial charge in [-0.2, -0.15) is 0 Å². The minimum absolute atomic E-state index is 0.0516. The Bertz CT molecular complexity index is 1040. The van der Waals surface area contributed by atoms with Gasteiger partial charge in [-0.25, -0.2) is 8.78 Å². The van der Waals surface area contributed by atoms with Gasteiger partial charge in [-0.3, -0.25) is 14.5 Å². The number of carbonyl (C=O) groups excluding carboxylic acids is 2. The van der Waals surface area contributed by atoms with Gasteiger partial charge >= 0.3 is 0 Å². The topological polar surface area (TPSA) is 37.4 Å². The fourth-order valence-electron chi connectivity index (χ4n) is 3.99. The minimum atomic E-state index is -0.850. The lowest BCUT2D eigenvalue weighted by atomic mass is 9.77. The molecular formula is C21H15Cl2F2NO2. The maximum atomic E-state index is 14.4. The van der Waals surface area contributed by atoms with Gasteiger partial charge in [0.2, 0.25) is 5.91 Å². The normalized spacial score (nSPS) is 19.9. The molecule has 2 aromatic carbocycles. The summed E-state index contributed by atoms with van der Waals surface area (Å²) in [5, 5.41) is 0.637. The lowest BCUT2D eigenvalue weighted by molar-refractivity contribution is -0.120. The van der Waals surface area contributed by atoms with E-state index in [2.05, 4.69) is 0 Å². The van der Waals surface area contributed by atoms with Crippen molar-refractivity contribution in [3.8, 4) is 0 Å². The molecule has 0 spiro atoms. The Kier molecular flexibility index (Phi) is 4.98. The number of amides is 1. The van der Waals surface area contributed by atoms with Crippen molar-refractivity contribution in [1.29, 1.82) is 0 Å². The van der Waals surface area contributed by atoms with Gasteiger partial charge in [-0.05, 0) is 36.6 Å². The van der Waals surface area contributed by atoms with E-state index in [1.165, 1.54) is 11.0 Å². The standard InChI is InChI=1S/C21H15Cl2F2NO2/c22-14-4-1-3-12(21(14)23)13-10-19(28)26(16-8-7-11(24)9-15(16)25)17-5-2-6-18(27)20(13)17/h1,3-4,7-9,13H,2,5-6,10H2/t13-/m0/s1. The van der Waals surface area contributed by atoms with Crippen LogP contribution in [-0.4, -0.2) is 11.7 Å². The molecular weight excluding hydrogens is 407 g/mol. The monoisotopic (exact) mass is 421 g/mol. The van der Waals surface area contributed by atoms with Crippen LogP contribution < -0.4 is 4.90 Å². The first kappa shape index (κ1) is 19.1. The molecule has 0 saturated carbocycles. The summed E-state index contributed by atoms with van der Waals surface area (Å²) >= 11 is 12.5. The Morgan fingerprint density at radius 2 is 1.82 bits per heavy atom. The third-order valence-electron chi connectivity index (χ3n) is 5.18. The highest BCUT2D eigenvalue weighted by atomic mass is 35.5. The number of rotatable bonds is 2. The highest BCUT2D eigenvalue weighted by Gasteiger charge is 2.41. The van der Waals surface area contributed by atoms with Crippen LogP contribution in [0.1, 0.15) is 37.2 Å². The predicted molar refractivity (Wildman–Crippen MR) is 104 cm³/mol. The predicted octanol–water partition coefficient (Wildman–Crippen LogP) is 5.80. The van der Waals surface area contributed by atoms with Gasteiger partial charge in [0, 0.05) is 36.1 Å². The van der Waals surface area contributed by atoms with Crippen LogP contribution in [0.15, 0.2) is 47.7 Å². The van der Waals surface area contributed by atoms with E-state index in [0.717, 1.165) is 12.1 Å². The van der Waals surface area contributed by atoms with E-state index >= 15 is 0 Å². The van der Waals surface area contributed by atoms with Crippen LogP contribution >= 0.6 is 23.2 Å². The summed E-state index contributed by atoms with van der Waals surface area (Å²) in [6.45, 7) is 0. The molecule has 0 unspecified atom stereocenters. The molecule has 2 aromatic rings. The summed E-state index contributed by atoms with van der Waals surface area (Å²) in [7, 11) is 0. The lowest BCUT2D eigenvalue weighted by Crippen LogP contribution is -2.41. The quantitative estimate of drug-likeness (QED) is 0.614. The Balaban J connectivity index is 1.91. The summed E-state index contributed by atoms with van der Waals surface area (Å²) in [4.78, 5) is 27.0. The first-order valence-electron chi connectivity index (χ1n) is 8.86. The van der Waals surface area contributed by atoms with Crippen molar-refractivity contribution in [2.24, 2.45) is 0 Å². The number of benzene rings is 2. The van der Waals surface area contributed by atoms with Gasteiger partial charge in [-0.15, -0.1) is 0 Å². The SMILES string of the molecule is O=C1CCCC2=C1[C@H](c1cccc(Cl)c1Cl)CC(=O)N2c1ccc(F)cc1F. The third kappa shape index (κ3) is 3.12. The number of anilines is 1. The molecule has 0 N–H and O–H groups in total. The molecule has 1 aliphatic heterocycles. The van der Waals surface area contributed by atoms with Crippen LogP contribution in [0.2, 0.25) is 10.0 Å². The van der Waals surface area contributed by atoms with Crippen molar-refractivity contribution in [2.45, 2.75) is 31.6 Å². The highest BCUT2D eigenvalue weighted by Crippen LogP contribution is 2.46. The Hall–Kier alpha value is -2.24. The average Bonchev–Trinajstić information content (AvgIpc) is 2.65. The zero-order valence-electron chi connectivity index (χ0n) is 14.6. The summed E-state index contributed by atoms with van der Waals surface area (Å²) in [5.41, 5.74) is 1.46. The molecule has 3 nitrogen and oxygen atoms in total. The highest BCUT2D eigenvalue weighted by molar-refractivity contribution is 6.42. The van der Waals surface area contributed by atoms with Gasteiger partial charge in [0.05, 0.1) is 15.7 Å². The van der Waals surface area contributed by atoms with Crippen molar-refractivity contribution in [3.05, 3.63) is 74.9 Å². The first-order chi connectivity index (χ1) is 13.4. The Morgan fingerprint density at radius 1 is 1.04 bits per heavy atom. The second kappa shape index (κ2) is 7.30.